The number of ether oxygens (including phenoxy) is 1. The highest BCUT2D eigenvalue weighted by molar-refractivity contribution is 7.94. The summed E-state index contributed by atoms with van der Waals surface area (Å²) in [6.45, 7) is 0.0197. The fourth-order valence-electron chi connectivity index (χ4n) is 2.08. The lowest BCUT2D eigenvalue weighted by Crippen LogP contribution is -2.45. The number of oxime groups is 1. The molecule has 0 saturated heterocycles. The van der Waals surface area contributed by atoms with Crippen LogP contribution in [0.3, 0.4) is 0 Å². The quantitative estimate of drug-likeness (QED) is 0.284. The Labute approximate surface area is 165 Å². The van der Waals surface area contributed by atoms with Gasteiger partial charge < -0.3 is 9.57 Å². The smallest absolute Gasteiger partial charge is 0.392 e. The lowest BCUT2D eigenvalue weighted by molar-refractivity contribution is -0.0435. The number of nitrogens with zero attached hydrogens (tertiary/aromatic N) is 2. The zero-order valence-corrected chi connectivity index (χ0v) is 16.1. The van der Waals surface area contributed by atoms with Gasteiger partial charge in [-0.3, -0.25) is 0 Å². The summed E-state index contributed by atoms with van der Waals surface area (Å²) in [5, 5.41) is 3.89. The first-order chi connectivity index (χ1) is 13.2. The van der Waals surface area contributed by atoms with E-state index in [9.17, 15) is 21.6 Å². The van der Waals surface area contributed by atoms with Crippen LogP contribution in [0.25, 0.3) is 0 Å². The third-order valence-electron chi connectivity index (χ3n) is 3.35. The molecule has 0 aromatic heterocycles. The minimum Gasteiger partial charge on any atom is -0.392 e. The van der Waals surface area contributed by atoms with Crippen LogP contribution in [0, 0.1) is 0 Å². The zero-order chi connectivity index (χ0) is 20.8. The molecule has 2 aromatic carbocycles. The van der Waals surface area contributed by atoms with Gasteiger partial charge in [0.25, 0.3) is 0 Å². The van der Waals surface area contributed by atoms with E-state index < -0.39 is 21.4 Å². The number of halogens is 4. The number of anilines is 1. The fourth-order valence-corrected chi connectivity index (χ4v) is 3.18. The maximum absolute atomic E-state index is 13.4. The number of hydrogen-bond acceptors (Lipinski definition) is 5. The van der Waals surface area contributed by atoms with E-state index >= 15 is 0 Å². The molecule has 0 atom stereocenters. The van der Waals surface area contributed by atoms with Gasteiger partial charge in [0, 0.05) is 17.7 Å². The Morgan fingerprint density at radius 1 is 1.07 bits per heavy atom. The van der Waals surface area contributed by atoms with Crippen molar-refractivity contribution in [2.45, 2.75) is 5.51 Å². The average molecular weight is 437 g/mol. The second-order valence-corrected chi connectivity index (χ2v) is 7.51. The van der Waals surface area contributed by atoms with Gasteiger partial charge >= 0.3 is 15.5 Å². The Morgan fingerprint density at radius 3 is 2.21 bits per heavy atom. The van der Waals surface area contributed by atoms with E-state index in [1.165, 1.54) is 43.5 Å². The zero-order valence-electron chi connectivity index (χ0n) is 14.6. The number of methoxy groups -OCH3 is 1. The summed E-state index contributed by atoms with van der Waals surface area (Å²) < 4.78 is 69.7. The lowest BCUT2D eigenvalue weighted by Gasteiger charge is -2.26. The molecule has 0 amide bonds. The molecule has 0 bridgehead atoms. The van der Waals surface area contributed by atoms with Crippen molar-refractivity contribution in [1.29, 1.82) is 0 Å². The van der Waals surface area contributed by atoms with Crippen LogP contribution < -0.4 is 4.31 Å². The normalized spacial score (nSPS) is 12.7. The van der Waals surface area contributed by atoms with Crippen molar-refractivity contribution in [3.63, 3.8) is 0 Å². The Morgan fingerprint density at radius 2 is 1.68 bits per heavy atom. The lowest BCUT2D eigenvalue weighted by atomic mass is 10.2. The van der Waals surface area contributed by atoms with Gasteiger partial charge in [0.05, 0.1) is 12.3 Å². The molecule has 0 heterocycles. The molecule has 0 radical (unpaired) electrons. The molecule has 0 aliphatic rings. The van der Waals surface area contributed by atoms with Gasteiger partial charge in [-0.2, -0.15) is 21.6 Å². The molecule has 0 N–H and O–H groups in total. The van der Waals surface area contributed by atoms with Crippen molar-refractivity contribution < 1.29 is 31.2 Å². The molecule has 2 aromatic rings. The molecule has 0 aliphatic carbocycles. The monoisotopic (exact) mass is 436 g/mol. The van der Waals surface area contributed by atoms with Crippen molar-refractivity contribution in [2.24, 2.45) is 5.16 Å². The molecule has 0 fully saturated rings. The van der Waals surface area contributed by atoms with Crippen LogP contribution in [-0.2, 0) is 19.6 Å². The van der Waals surface area contributed by atoms with Gasteiger partial charge in [0.1, 0.15) is 6.61 Å². The third kappa shape index (κ3) is 5.15. The first kappa shape index (κ1) is 22.0. The van der Waals surface area contributed by atoms with E-state index in [4.69, 9.17) is 21.2 Å². The third-order valence-corrected chi connectivity index (χ3v) is 5.05. The van der Waals surface area contributed by atoms with Crippen molar-refractivity contribution >= 4 is 33.1 Å². The van der Waals surface area contributed by atoms with E-state index in [0.717, 1.165) is 12.1 Å². The van der Waals surface area contributed by atoms with Crippen LogP contribution in [-0.4, -0.2) is 40.1 Å². The second kappa shape index (κ2) is 9.26. The molecule has 0 spiro atoms. The molecule has 2 rings (SSSR count). The molecule has 0 unspecified atom stereocenters. The Hall–Kier alpha value is -2.30. The fraction of sp³-hybridized carbons (Fsp3) is 0.235. The molecule has 6 nitrogen and oxygen atoms in total. The van der Waals surface area contributed by atoms with Crippen LogP contribution in [0.5, 0.6) is 0 Å². The van der Waals surface area contributed by atoms with Gasteiger partial charge in [-0.05, 0) is 24.3 Å². The predicted molar refractivity (Wildman–Crippen MR) is 99.7 cm³/mol. The summed E-state index contributed by atoms with van der Waals surface area (Å²) in [5.74, 6) is -0.559. The standard InChI is InChI=1S/C17H16ClF3N2O4S/c1-26-11-12-27-22-16(13-5-3-2-4-6-13)23(28(24,25)17(19,20)21)15-9-7-14(18)8-10-15/h2-10H,11-12H2,1H3. The highest BCUT2D eigenvalue weighted by Crippen LogP contribution is 2.33. The minimum absolute atomic E-state index is 0.0749. The molecule has 28 heavy (non-hydrogen) atoms. The van der Waals surface area contributed by atoms with Gasteiger partial charge in [-0.1, -0.05) is 47.1 Å². The summed E-state index contributed by atoms with van der Waals surface area (Å²) in [4.78, 5) is 4.99. The van der Waals surface area contributed by atoms with Crippen LogP contribution in [0.4, 0.5) is 18.9 Å². The van der Waals surface area contributed by atoms with Gasteiger partial charge in [-0.25, -0.2) is 4.31 Å². The topological polar surface area (TPSA) is 68.2 Å². The molecule has 0 aliphatic heterocycles. The van der Waals surface area contributed by atoms with Crippen molar-refractivity contribution in [3.8, 4) is 0 Å². The number of benzene rings is 2. The van der Waals surface area contributed by atoms with Crippen LogP contribution >= 0.6 is 11.6 Å². The Bertz CT molecular complexity index is 904. The SMILES string of the molecule is COCCON=C(c1ccccc1)N(c1ccc(Cl)cc1)S(=O)(=O)C(F)(F)F. The molecular weight excluding hydrogens is 421 g/mol. The van der Waals surface area contributed by atoms with E-state index in [-0.39, 0.29) is 33.8 Å². The maximum Gasteiger partial charge on any atom is 0.517 e. The number of amidine groups is 1. The first-order valence-corrected chi connectivity index (χ1v) is 9.62. The van der Waals surface area contributed by atoms with Gasteiger partial charge in [0.2, 0.25) is 0 Å². The summed E-state index contributed by atoms with van der Waals surface area (Å²) in [5.41, 5.74) is -5.78. The van der Waals surface area contributed by atoms with E-state index in [1.54, 1.807) is 6.07 Å². The van der Waals surface area contributed by atoms with Crippen molar-refractivity contribution in [3.05, 3.63) is 65.2 Å². The highest BCUT2D eigenvalue weighted by Gasteiger charge is 2.52. The van der Waals surface area contributed by atoms with Crippen molar-refractivity contribution in [1.82, 2.24) is 0 Å². The van der Waals surface area contributed by atoms with Crippen LogP contribution in [0.1, 0.15) is 5.56 Å². The van der Waals surface area contributed by atoms with E-state index in [2.05, 4.69) is 5.16 Å². The van der Waals surface area contributed by atoms with Crippen molar-refractivity contribution in [2.75, 3.05) is 24.6 Å². The van der Waals surface area contributed by atoms with Crippen LogP contribution in [0.15, 0.2) is 59.8 Å². The van der Waals surface area contributed by atoms with E-state index in [0.29, 0.717) is 0 Å². The average Bonchev–Trinajstić information content (AvgIpc) is 2.65. The molecule has 152 valence electrons. The molecule has 11 heteroatoms. The molecule has 0 saturated carbocycles. The number of sulfonamides is 1. The second-order valence-electron chi connectivity index (χ2n) is 5.30. The van der Waals surface area contributed by atoms with Gasteiger partial charge in [-0.15, -0.1) is 0 Å². The van der Waals surface area contributed by atoms with Gasteiger partial charge in [0.15, 0.2) is 5.84 Å². The predicted octanol–water partition coefficient (Wildman–Crippen LogP) is 4.02. The van der Waals surface area contributed by atoms with E-state index in [1.807, 2.05) is 0 Å². The Kier molecular flexibility index (Phi) is 7.28. The number of rotatable bonds is 7. The van der Waals surface area contributed by atoms with Crippen LogP contribution in [0.2, 0.25) is 5.02 Å². The summed E-state index contributed by atoms with van der Waals surface area (Å²) in [7, 11) is -4.44. The first-order valence-electron chi connectivity index (χ1n) is 7.80. The Balaban J connectivity index is 2.66. The minimum atomic E-state index is -5.85. The highest BCUT2D eigenvalue weighted by atomic mass is 35.5. The number of hydrogen-bond donors (Lipinski definition) is 0. The molecular formula is C17H16ClF3N2O4S. The summed E-state index contributed by atoms with van der Waals surface area (Å²) >= 11 is 5.78. The maximum atomic E-state index is 13.4. The largest absolute Gasteiger partial charge is 0.517 e. The summed E-state index contributed by atoms with van der Waals surface area (Å²) in [6, 6.07) is 12.3. The number of alkyl halides is 3. The summed E-state index contributed by atoms with van der Waals surface area (Å²) in [6.07, 6.45) is 0.